The molecule has 1 fully saturated rings. The Hall–Kier alpha value is -1.59. The highest BCUT2D eigenvalue weighted by Gasteiger charge is 2.19. The molecule has 106 valence electrons. The first kappa shape index (κ1) is 13.4. The summed E-state index contributed by atoms with van der Waals surface area (Å²) in [5.41, 5.74) is 9.54. The van der Waals surface area contributed by atoms with Gasteiger partial charge >= 0.3 is 0 Å². The number of anilines is 2. The van der Waals surface area contributed by atoms with Crippen molar-refractivity contribution in [1.29, 1.82) is 0 Å². The molecule has 0 bridgehead atoms. The minimum atomic E-state index is 0.610. The summed E-state index contributed by atoms with van der Waals surface area (Å²) < 4.78 is 0. The maximum Gasteiger partial charge on any atom is 0.185 e. The Labute approximate surface area is 123 Å². The van der Waals surface area contributed by atoms with E-state index >= 15 is 0 Å². The first-order valence-corrected chi connectivity index (χ1v) is 7.85. The van der Waals surface area contributed by atoms with Crippen molar-refractivity contribution in [1.82, 2.24) is 4.98 Å². The maximum atomic E-state index is 5.69. The molecule has 0 radical (unpaired) electrons. The van der Waals surface area contributed by atoms with Crippen LogP contribution in [0.5, 0.6) is 0 Å². The zero-order valence-corrected chi connectivity index (χ0v) is 12.6. The van der Waals surface area contributed by atoms with Gasteiger partial charge < -0.3 is 15.5 Å². The Morgan fingerprint density at radius 3 is 2.55 bits per heavy atom. The van der Waals surface area contributed by atoms with Crippen LogP contribution in [0, 0.1) is 6.92 Å². The van der Waals surface area contributed by atoms with E-state index < -0.39 is 0 Å². The summed E-state index contributed by atoms with van der Waals surface area (Å²) in [7, 11) is 0. The van der Waals surface area contributed by atoms with Gasteiger partial charge in [0.05, 0.1) is 0 Å². The number of nitrogens with two attached hydrogens (primary N) is 1. The SMILES string of the molecule is Cc1cc(CN)ccc1N1CCN(c2nccs2)CC1. The van der Waals surface area contributed by atoms with Gasteiger partial charge in [0.15, 0.2) is 5.13 Å². The third-order valence-electron chi connectivity index (χ3n) is 3.81. The Morgan fingerprint density at radius 2 is 1.95 bits per heavy atom. The van der Waals surface area contributed by atoms with Crippen LogP contribution < -0.4 is 15.5 Å². The van der Waals surface area contributed by atoms with Crippen LogP contribution in [0.2, 0.25) is 0 Å². The molecular weight excluding hydrogens is 268 g/mol. The molecule has 2 aromatic rings. The van der Waals surface area contributed by atoms with Gasteiger partial charge in [-0.2, -0.15) is 0 Å². The zero-order valence-electron chi connectivity index (χ0n) is 11.7. The lowest BCUT2D eigenvalue weighted by atomic mass is 10.1. The van der Waals surface area contributed by atoms with Crippen LogP contribution in [-0.2, 0) is 6.54 Å². The second-order valence-electron chi connectivity index (χ2n) is 5.11. The van der Waals surface area contributed by atoms with Crippen LogP contribution in [0.1, 0.15) is 11.1 Å². The number of piperazine rings is 1. The number of aryl methyl sites for hydroxylation is 1. The van der Waals surface area contributed by atoms with E-state index in [4.69, 9.17) is 5.73 Å². The highest BCUT2D eigenvalue weighted by Crippen LogP contribution is 2.25. The molecule has 4 nitrogen and oxygen atoms in total. The fourth-order valence-electron chi connectivity index (χ4n) is 2.71. The lowest BCUT2D eigenvalue weighted by Gasteiger charge is -2.36. The average molecular weight is 288 g/mol. The molecule has 1 saturated heterocycles. The van der Waals surface area contributed by atoms with Gasteiger partial charge in [-0.15, -0.1) is 11.3 Å². The minimum absolute atomic E-state index is 0.610. The number of benzene rings is 1. The molecular formula is C15H20N4S. The molecule has 20 heavy (non-hydrogen) atoms. The first-order valence-electron chi connectivity index (χ1n) is 6.97. The van der Waals surface area contributed by atoms with Gasteiger partial charge in [0.2, 0.25) is 0 Å². The van der Waals surface area contributed by atoms with Crippen molar-refractivity contribution < 1.29 is 0 Å². The molecule has 0 saturated carbocycles. The van der Waals surface area contributed by atoms with Crippen molar-refractivity contribution in [3.63, 3.8) is 0 Å². The number of hydrogen-bond acceptors (Lipinski definition) is 5. The van der Waals surface area contributed by atoms with Crippen molar-refractivity contribution in [2.45, 2.75) is 13.5 Å². The summed E-state index contributed by atoms with van der Waals surface area (Å²) in [4.78, 5) is 9.21. The van der Waals surface area contributed by atoms with Gasteiger partial charge in [-0.05, 0) is 24.1 Å². The predicted octanol–water partition coefficient (Wildman–Crippen LogP) is 2.24. The number of rotatable bonds is 3. The smallest absolute Gasteiger partial charge is 0.185 e. The average Bonchev–Trinajstić information content (AvgIpc) is 3.01. The number of hydrogen-bond donors (Lipinski definition) is 1. The fourth-order valence-corrected chi connectivity index (χ4v) is 3.41. The Morgan fingerprint density at radius 1 is 1.20 bits per heavy atom. The molecule has 0 unspecified atom stereocenters. The van der Waals surface area contributed by atoms with E-state index in [9.17, 15) is 0 Å². The van der Waals surface area contributed by atoms with E-state index in [1.165, 1.54) is 16.8 Å². The van der Waals surface area contributed by atoms with E-state index in [-0.39, 0.29) is 0 Å². The highest BCUT2D eigenvalue weighted by atomic mass is 32.1. The highest BCUT2D eigenvalue weighted by molar-refractivity contribution is 7.13. The third-order valence-corrected chi connectivity index (χ3v) is 4.64. The van der Waals surface area contributed by atoms with Crippen LogP contribution in [-0.4, -0.2) is 31.2 Å². The standard InChI is InChI=1S/C15H20N4S/c1-12-10-13(11-16)2-3-14(12)18-5-7-19(8-6-18)15-17-4-9-20-15/h2-4,9-10H,5-8,11,16H2,1H3. The largest absolute Gasteiger partial charge is 0.368 e. The summed E-state index contributed by atoms with van der Waals surface area (Å²) in [5.74, 6) is 0. The summed E-state index contributed by atoms with van der Waals surface area (Å²) in [6, 6.07) is 6.54. The van der Waals surface area contributed by atoms with Crippen LogP contribution in [0.25, 0.3) is 0 Å². The third kappa shape index (κ3) is 2.64. The summed E-state index contributed by atoms with van der Waals surface area (Å²) in [6.45, 7) is 6.93. The fraction of sp³-hybridized carbons (Fsp3) is 0.400. The lowest BCUT2D eigenvalue weighted by Crippen LogP contribution is -2.46. The van der Waals surface area contributed by atoms with Gasteiger partial charge in [-0.1, -0.05) is 12.1 Å². The Balaban J connectivity index is 1.69. The van der Waals surface area contributed by atoms with E-state index in [0.29, 0.717) is 6.54 Å². The predicted molar refractivity (Wildman–Crippen MR) is 85.6 cm³/mol. The zero-order chi connectivity index (χ0) is 13.9. The molecule has 1 aromatic heterocycles. The van der Waals surface area contributed by atoms with Crippen molar-refractivity contribution in [3.8, 4) is 0 Å². The Bertz CT molecular complexity index is 559. The van der Waals surface area contributed by atoms with Crippen molar-refractivity contribution in [3.05, 3.63) is 40.9 Å². The molecule has 1 aromatic carbocycles. The van der Waals surface area contributed by atoms with Crippen LogP contribution in [0.3, 0.4) is 0 Å². The van der Waals surface area contributed by atoms with Crippen molar-refractivity contribution in [2.75, 3.05) is 36.0 Å². The summed E-state index contributed by atoms with van der Waals surface area (Å²) >= 11 is 1.72. The molecule has 0 atom stereocenters. The molecule has 0 amide bonds. The molecule has 1 aliphatic heterocycles. The second kappa shape index (κ2) is 5.81. The first-order chi connectivity index (χ1) is 9.78. The van der Waals surface area contributed by atoms with Crippen LogP contribution >= 0.6 is 11.3 Å². The molecule has 2 heterocycles. The quantitative estimate of drug-likeness (QED) is 0.941. The maximum absolute atomic E-state index is 5.69. The topological polar surface area (TPSA) is 45.4 Å². The van der Waals surface area contributed by atoms with Crippen molar-refractivity contribution >= 4 is 22.2 Å². The molecule has 5 heteroatoms. The number of nitrogens with zero attached hydrogens (tertiary/aromatic N) is 3. The van der Waals surface area contributed by atoms with Crippen LogP contribution in [0.15, 0.2) is 29.8 Å². The van der Waals surface area contributed by atoms with E-state index in [1.54, 1.807) is 11.3 Å². The number of aromatic nitrogens is 1. The number of thiazole rings is 1. The van der Waals surface area contributed by atoms with Gasteiger partial charge in [-0.25, -0.2) is 4.98 Å². The van der Waals surface area contributed by atoms with Crippen LogP contribution in [0.4, 0.5) is 10.8 Å². The summed E-state index contributed by atoms with van der Waals surface area (Å²) in [5, 5.41) is 3.18. The van der Waals surface area contributed by atoms with Crippen molar-refractivity contribution in [2.24, 2.45) is 5.73 Å². The van der Waals surface area contributed by atoms with Gasteiger partial charge in [0, 0.05) is 50.0 Å². The monoisotopic (exact) mass is 288 g/mol. The molecule has 2 N–H and O–H groups in total. The van der Waals surface area contributed by atoms with Gasteiger partial charge in [-0.3, -0.25) is 0 Å². The van der Waals surface area contributed by atoms with Gasteiger partial charge in [0.25, 0.3) is 0 Å². The van der Waals surface area contributed by atoms with E-state index in [0.717, 1.165) is 31.3 Å². The molecule has 0 spiro atoms. The molecule has 0 aliphatic carbocycles. The normalized spacial score (nSPS) is 15.7. The van der Waals surface area contributed by atoms with E-state index in [1.807, 2.05) is 11.6 Å². The Kier molecular flexibility index (Phi) is 3.89. The van der Waals surface area contributed by atoms with Gasteiger partial charge in [0.1, 0.15) is 0 Å². The minimum Gasteiger partial charge on any atom is -0.368 e. The molecule has 1 aliphatic rings. The van der Waals surface area contributed by atoms with E-state index in [2.05, 4.69) is 39.9 Å². The lowest BCUT2D eigenvalue weighted by molar-refractivity contribution is 0.651. The molecule has 3 rings (SSSR count). The second-order valence-corrected chi connectivity index (χ2v) is 5.99. The summed E-state index contributed by atoms with van der Waals surface area (Å²) in [6.07, 6.45) is 1.88.